The summed E-state index contributed by atoms with van der Waals surface area (Å²) in [6.07, 6.45) is 1.65. The van der Waals surface area contributed by atoms with Crippen LogP contribution < -0.4 is 0 Å². The fourth-order valence-corrected chi connectivity index (χ4v) is 1.87. The van der Waals surface area contributed by atoms with Crippen molar-refractivity contribution in [2.45, 2.75) is 19.8 Å². The van der Waals surface area contributed by atoms with Crippen LogP contribution in [0, 0.1) is 5.92 Å². The van der Waals surface area contributed by atoms with Gasteiger partial charge in [0.25, 0.3) is 0 Å². The zero-order chi connectivity index (χ0) is 12.0. The molecule has 0 bridgehead atoms. The molecule has 1 atom stereocenters. The van der Waals surface area contributed by atoms with Crippen LogP contribution in [0.15, 0.2) is 0 Å². The molecule has 1 aliphatic rings. The van der Waals surface area contributed by atoms with Gasteiger partial charge in [0, 0.05) is 20.2 Å². The lowest BCUT2D eigenvalue weighted by Gasteiger charge is -2.31. The summed E-state index contributed by atoms with van der Waals surface area (Å²) < 4.78 is 9.75. The number of esters is 1. The van der Waals surface area contributed by atoms with Crippen molar-refractivity contribution >= 4 is 11.9 Å². The van der Waals surface area contributed by atoms with Crippen molar-refractivity contribution in [1.29, 1.82) is 0 Å². The van der Waals surface area contributed by atoms with Gasteiger partial charge in [-0.15, -0.1) is 0 Å². The van der Waals surface area contributed by atoms with E-state index in [4.69, 9.17) is 9.47 Å². The first kappa shape index (κ1) is 13.0. The minimum Gasteiger partial charge on any atom is -0.466 e. The third-order valence-electron chi connectivity index (χ3n) is 2.66. The predicted molar refractivity (Wildman–Crippen MR) is 57.8 cm³/mol. The summed E-state index contributed by atoms with van der Waals surface area (Å²) in [6, 6.07) is 0. The molecule has 0 aliphatic carbocycles. The van der Waals surface area contributed by atoms with E-state index in [1.807, 2.05) is 0 Å². The number of carbonyl (C=O) groups excluding carboxylic acids is 2. The van der Waals surface area contributed by atoms with Gasteiger partial charge < -0.3 is 14.4 Å². The molecular formula is C11H19NO4. The largest absolute Gasteiger partial charge is 0.466 e. The molecule has 1 heterocycles. The Bertz CT molecular complexity index is 230. The van der Waals surface area contributed by atoms with Crippen molar-refractivity contribution < 1.29 is 19.1 Å². The first-order chi connectivity index (χ1) is 7.69. The molecule has 0 aromatic heterocycles. The quantitative estimate of drug-likeness (QED) is 0.656. The Kier molecular flexibility index (Phi) is 5.25. The minimum absolute atomic E-state index is 0.0588. The normalized spacial score (nSPS) is 20.6. The van der Waals surface area contributed by atoms with Gasteiger partial charge in [-0.1, -0.05) is 0 Å². The van der Waals surface area contributed by atoms with Gasteiger partial charge in [0.05, 0.1) is 12.5 Å². The zero-order valence-electron chi connectivity index (χ0n) is 9.90. The van der Waals surface area contributed by atoms with E-state index in [1.165, 1.54) is 7.11 Å². The molecule has 0 saturated carbocycles. The average Bonchev–Trinajstić information content (AvgIpc) is 2.30. The molecule has 0 spiro atoms. The molecule has 92 valence electrons. The lowest BCUT2D eigenvalue weighted by molar-refractivity contribution is -0.151. The number of likely N-dealkylation sites (tertiary alicyclic amines) is 1. The third-order valence-corrected chi connectivity index (χ3v) is 2.66. The highest BCUT2D eigenvalue weighted by Gasteiger charge is 2.28. The Balaban J connectivity index is 2.46. The number of piperidine rings is 1. The van der Waals surface area contributed by atoms with Gasteiger partial charge in [-0.2, -0.15) is 0 Å². The molecule has 0 N–H and O–H groups in total. The molecule has 1 saturated heterocycles. The number of carbonyl (C=O) groups is 2. The van der Waals surface area contributed by atoms with Crippen LogP contribution in [-0.4, -0.2) is 50.2 Å². The molecule has 0 radical (unpaired) electrons. The van der Waals surface area contributed by atoms with E-state index in [0.717, 1.165) is 12.8 Å². The topological polar surface area (TPSA) is 55.8 Å². The maximum Gasteiger partial charge on any atom is 0.310 e. The van der Waals surface area contributed by atoms with E-state index < -0.39 is 0 Å². The number of amides is 1. The first-order valence-electron chi connectivity index (χ1n) is 5.62. The Labute approximate surface area is 95.7 Å². The SMILES string of the molecule is CCOC(=O)C1CCCN(C(=O)COC)C1. The maximum atomic E-state index is 11.6. The van der Waals surface area contributed by atoms with Gasteiger partial charge >= 0.3 is 5.97 Å². The second-order valence-corrected chi connectivity index (χ2v) is 3.86. The van der Waals surface area contributed by atoms with Gasteiger partial charge in [0.15, 0.2) is 0 Å². The van der Waals surface area contributed by atoms with Gasteiger partial charge in [-0.3, -0.25) is 9.59 Å². The molecule has 5 heteroatoms. The smallest absolute Gasteiger partial charge is 0.310 e. The highest BCUT2D eigenvalue weighted by molar-refractivity contribution is 5.79. The number of hydrogen-bond acceptors (Lipinski definition) is 4. The van der Waals surface area contributed by atoms with Crippen molar-refractivity contribution in [3.8, 4) is 0 Å². The predicted octanol–water partition coefficient (Wildman–Crippen LogP) is 0.434. The Morgan fingerprint density at radius 1 is 1.44 bits per heavy atom. The van der Waals surface area contributed by atoms with Crippen LogP contribution in [0.25, 0.3) is 0 Å². The number of hydrogen-bond donors (Lipinski definition) is 0. The lowest BCUT2D eigenvalue weighted by Crippen LogP contribution is -2.44. The molecule has 1 unspecified atom stereocenters. The molecule has 1 rings (SSSR count). The van der Waals surface area contributed by atoms with Gasteiger partial charge in [-0.25, -0.2) is 0 Å². The van der Waals surface area contributed by atoms with Crippen molar-refractivity contribution in [2.24, 2.45) is 5.92 Å². The number of rotatable bonds is 4. The van der Waals surface area contributed by atoms with Gasteiger partial charge in [0.2, 0.25) is 5.91 Å². The molecule has 0 aromatic rings. The van der Waals surface area contributed by atoms with Crippen molar-refractivity contribution in [2.75, 3.05) is 33.4 Å². The summed E-state index contributed by atoms with van der Waals surface area (Å²) in [4.78, 5) is 24.8. The monoisotopic (exact) mass is 229 g/mol. The highest BCUT2D eigenvalue weighted by Crippen LogP contribution is 2.17. The van der Waals surface area contributed by atoms with Crippen LogP contribution in [0.4, 0.5) is 0 Å². The second kappa shape index (κ2) is 6.48. The standard InChI is InChI=1S/C11H19NO4/c1-3-16-11(14)9-5-4-6-12(7-9)10(13)8-15-2/h9H,3-8H2,1-2H3. The number of methoxy groups -OCH3 is 1. The number of nitrogens with zero attached hydrogens (tertiary/aromatic N) is 1. The Hall–Kier alpha value is -1.10. The van der Waals surface area contributed by atoms with E-state index in [9.17, 15) is 9.59 Å². The number of ether oxygens (including phenoxy) is 2. The summed E-state index contributed by atoms with van der Waals surface area (Å²) in [6.45, 7) is 3.42. The maximum absolute atomic E-state index is 11.6. The Morgan fingerprint density at radius 2 is 2.19 bits per heavy atom. The van der Waals surface area contributed by atoms with Crippen LogP contribution in [0.5, 0.6) is 0 Å². The van der Waals surface area contributed by atoms with Crippen LogP contribution in [0.3, 0.4) is 0 Å². The highest BCUT2D eigenvalue weighted by atomic mass is 16.5. The molecule has 5 nitrogen and oxygen atoms in total. The summed E-state index contributed by atoms with van der Waals surface area (Å²) in [7, 11) is 1.49. The van der Waals surface area contributed by atoms with Crippen LogP contribution in [-0.2, 0) is 19.1 Å². The van der Waals surface area contributed by atoms with Gasteiger partial charge in [-0.05, 0) is 19.8 Å². The fraction of sp³-hybridized carbons (Fsp3) is 0.818. The van der Waals surface area contributed by atoms with Gasteiger partial charge in [0.1, 0.15) is 6.61 Å². The van der Waals surface area contributed by atoms with Crippen LogP contribution in [0.2, 0.25) is 0 Å². The van der Waals surface area contributed by atoms with Crippen LogP contribution >= 0.6 is 0 Å². The van der Waals surface area contributed by atoms with Crippen molar-refractivity contribution in [3.63, 3.8) is 0 Å². The van der Waals surface area contributed by atoms with E-state index in [0.29, 0.717) is 19.7 Å². The van der Waals surface area contributed by atoms with Crippen molar-refractivity contribution in [3.05, 3.63) is 0 Å². The average molecular weight is 229 g/mol. The molecule has 1 fully saturated rings. The first-order valence-corrected chi connectivity index (χ1v) is 5.62. The summed E-state index contributed by atoms with van der Waals surface area (Å²) in [5.74, 6) is -0.427. The Morgan fingerprint density at radius 3 is 2.81 bits per heavy atom. The minimum atomic E-state index is -0.197. The molecule has 0 aromatic carbocycles. The summed E-state index contributed by atoms with van der Waals surface area (Å²) in [5.41, 5.74) is 0. The third kappa shape index (κ3) is 3.48. The van der Waals surface area contributed by atoms with Crippen molar-refractivity contribution in [1.82, 2.24) is 4.90 Å². The molecule has 1 aliphatic heterocycles. The lowest BCUT2D eigenvalue weighted by atomic mass is 9.98. The molecule has 1 amide bonds. The fourth-order valence-electron chi connectivity index (χ4n) is 1.87. The van der Waals surface area contributed by atoms with E-state index in [2.05, 4.69) is 0 Å². The molecular weight excluding hydrogens is 210 g/mol. The summed E-state index contributed by atoms with van der Waals surface area (Å²) in [5, 5.41) is 0. The second-order valence-electron chi connectivity index (χ2n) is 3.86. The van der Waals surface area contributed by atoms with E-state index in [1.54, 1.807) is 11.8 Å². The summed E-state index contributed by atoms with van der Waals surface area (Å²) >= 11 is 0. The van der Waals surface area contributed by atoms with E-state index >= 15 is 0 Å². The zero-order valence-corrected chi connectivity index (χ0v) is 9.90. The van der Waals surface area contributed by atoms with E-state index in [-0.39, 0.29) is 24.4 Å². The molecule has 16 heavy (non-hydrogen) atoms. The van der Waals surface area contributed by atoms with Crippen LogP contribution in [0.1, 0.15) is 19.8 Å².